The molecule has 0 spiro atoms. The van der Waals surface area contributed by atoms with E-state index in [2.05, 4.69) is 20.1 Å². The summed E-state index contributed by atoms with van der Waals surface area (Å²) in [7, 11) is 1.50. The smallest absolute Gasteiger partial charge is 0.224 e. The highest BCUT2D eigenvalue weighted by atomic mass is 19.1. The molecule has 0 fully saturated rings. The van der Waals surface area contributed by atoms with Crippen LogP contribution in [0.15, 0.2) is 36.4 Å². The third-order valence-electron chi connectivity index (χ3n) is 5.71. The summed E-state index contributed by atoms with van der Waals surface area (Å²) in [5, 5.41) is 20.2. The monoisotopic (exact) mass is 463 g/mol. The molecule has 1 N–H and O–H groups in total. The molecule has 1 aliphatic rings. The third kappa shape index (κ3) is 5.34. The van der Waals surface area contributed by atoms with Crippen molar-refractivity contribution in [1.82, 2.24) is 14.8 Å². The van der Waals surface area contributed by atoms with Gasteiger partial charge in [0, 0.05) is 31.0 Å². The van der Waals surface area contributed by atoms with Crippen molar-refractivity contribution < 1.29 is 18.7 Å². The number of hydrogen-bond acceptors (Lipinski definition) is 6. The molecule has 34 heavy (non-hydrogen) atoms. The molecule has 0 saturated heterocycles. The van der Waals surface area contributed by atoms with E-state index in [1.807, 2.05) is 6.07 Å². The van der Waals surface area contributed by atoms with Crippen molar-refractivity contribution in [2.45, 2.75) is 45.1 Å². The zero-order valence-corrected chi connectivity index (χ0v) is 19.0. The van der Waals surface area contributed by atoms with Crippen molar-refractivity contribution in [2.75, 3.05) is 19.0 Å². The lowest BCUT2D eigenvalue weighted by Crippen LogP contribution is -2.14. The second-order valence-corrected chi connectivity index (χ2v) is 8.07. The van der Waals surface area contributed by atoms with Gasteiger partial charge in [-0.05, 0) is 49.6 Å². The largest absolute Gasteiger partial charge is 0.493 e. The van der Waals surface area contributed by atoms with Gasteiger partial charge in [0.05, 0.1) is 31.0 Å². The Bertz CT molecular complexity index is 1220. The van der Waals surface area contributed by atoms with Crippen molar-refractivity contribution in [1.29, 1.82) is 5.26 Å². The second kappa shape index (κ2) is 10.8. The fourth-order valence-corrected chi connectivity index (χ4v) is 3.94. The Morgan fingerprint density at radius 1 is 1.18 bits per heavy atom. The van der Waals surface area contributed by atoms with E-state index in [0.29, 0.717) is 34.9 Å². The number of nitrogens with zero attached hydrogens (tertiary/aromatic N) is 4. The SMILES string of the molecule is COc1cc(C#N)ccc1OCCCC(=O)Nc1cc(-c2nnc3n2CCCCC3)ccc1F. The first-order chi connectivity index (χ1) is 16.6. The first-order valence-corrected chi connectivity index (χ1v) is 11.3. The summed E-state index contributed by atoms with van der Waals surface area (Å²) in [5.74, 6) is 1.76. The average molecular weight is 464 g/mol. The number of nitrogens with one attached hydrogen (secondary N) is 1. The fourth-order valence-electron chi connectivity index (χ4n) is 3.94. The van der Waals surface area contributed by atoms with Gasteiger partial charge in [0.25, 0.3) is 0 Å². The molecule has 1 aromatic heterocycles. The van der Waals surface area contributed by atoms with Crippen molar-refractivity contribution >= 4 is 11.6 Å². The number of carbonyl (C=O) groups excluding carboxylic acids is 1. The Morgan fingerprint density at radius 3 is 2.88 bits per heavy atom. The molecule has 1 amide bonds. The maximum Gasteiger partial charge on any atom is 0.224 e. The highest BCUT2D eigenvalue weighted by Gasteiger charge is 2.18. The summed E-state index contributed by atoms with van der Waals surface area (Å²) in [6, 6.07) is 11.5. The number of fused-ring (bicyclic) bond motifs is 1. The highest BCUT2D eigenvalue weighted by molar-refractivity contribution is 5.91. The fraction of sp³-hybridized carbons (Fsp3) is 0.360. The van der Waals surface area contributed by atoms with Crippen LogP contribution in [0, 0.1) is 17.1 Å². The number of methoxy groups -OCH3 is 1. The van der Waals surface area contributed by atoms with Crippen LogP contribution in [-0.4, -0.2) is 34.4 Å². The van der Waals surface area contributed by atoms with Crippen LogP contribution in [0.5, 0.6) is 11.5 Å². The Morgan fingerprint density at radius 2 is 2.06 bits per heavy atom. The van der Waals surface area contributed by atoms with Gasteiger partial charge in [0.15, 0.2) is 17.3 Å². The Hall–Kier alpha value is -3.93. The molecule has 0 saturated carbocycles. The number of carbonyl (C=O) groups is 1. The lowest BCUT2D eigenvalue weighted by Gasteiger charge is -2.12. The van der Waals surface area contributed by atoms with E-state index in [-0.39, 0.29) is 24.6 Å². The van der Waals surface area contributed by atoms with Crippen LogP contribution in [0.4, 0.5) is 10.1 Å². The number of rotatable bonds is 8. The lowest BCUT2D eigenvalue weighted by molar-refractivity contribution is -0.116. The summed E-state index contributed by atoms with van der Waals surface area (Å²) in [6.45, 7) is 1.10. The molecule has 0 radical (unpaired) electrons. The molecular formula is C25H26FN5O3. The number of halogens is 1. The number of ether oxygens (including phenoxy) is 2. The zero-order valence-electron chi connectivity index (χ0n) is 19.0. The summed E-state index contributed by atoms with van der Waals surface area (Å²) in [5.41, 5.74) is 1.30. The summed E-state index contributed by atoms with van der Waals surface area (Å²) >= 11 is 0. The highest BCUT2D eigenvalue weighted by Crippen LogP contribution is 2.29. The van der Waals surface area contributed by atoms with E-state index in [4.69, 9.17) is 14.7 Å². The van der Waals surface area contributed by atoms with Crippen LogP contribution in [0.1, 0.15) is 43.5 Å². The number of aryl methyl sites for hydroxylation is 1. The number of aromatic nitrogens is 3. The van der Waals surface area contributed by atoms with Crippen LogP contribution in [0.3, 0.4) is 0 Å². The minimum atomic E-state index is -0.508. The number of benzene rings is 2. The number of hydrogen-bond donors (Lipinski definition) is 1. The van der Waals surface area contributed by atoms with Gasteiger partial charge in [0.1, 0.15) is 11.6 Å². The summed E-state index contributed by atoms with van der Waals surface area (Å²) < 4.78 is 27.4. The first kappa shape index (κ1) is 23.2. The molecule has 2 heterocycles. The van der Waals surface area contributed by atoms with Crippen LogP contribution < -0.4 is 14.8 Å². The van der Waals surface area contributed by atoms with Gasteiger partial charge in [-0.3, -0.25) is 4.79 Å². The molecule has 0 aliphatic carbocycles. The summed E-state index contributed by atoms with van der Waals surface area (Å²) in [6.07, 6.45) is 4.75. The predicted molar refractivity (Wildman–Crippen MR) is 124 cm³/mol. The minimum Gasteiger partial charge on any atom is -0.493 e. The Labute approximate surface area is 197 Å². The predicted octanol–water partition coefficient (Wildman–Crippen LogP) is 4.49. The van der Waals surface area contributed by atoms with Gasteiger partial charge in [-0.1, -0.05) is 6.42 Å². The normalized spacial score (nSPS) is 12.9. The molecule has 9 heteroatoms. The number of nitriles is 1. The molecule has 4 rings (SSSR count). The van der Waals surface area contributed by atoms with Gasteiger partial charge in [0.2, 0.25) is 5.91 Å². The Kier molecular flexibility index (Phi) is 7.38. The molecule has 0 atom stereocenters. The van der Waals surface area contributed by atoms with Gasteiger partial charge >= 0.3 is 0 Å². The van der Waals surface area contributed by atoms with E-state index in [1.165, 1.54) is 13.2 Å². The molecule has 176 valence electrons. The van der Waals surface area contributed by atoms with Crippen LogP contribution in [0.25, 0.3) is 11.4 Å². The first-order valence-electron chi connectivity index (χ1n) is 11.3. The van der Waals surface area contributed by atoms with E-state index in [9.17, 15) is 9.18 Å². The quantitative estimate of drug-likeness (QED) is 0.494. The average Bonchev–Trinajstić information content (AvgIpc) is 3.11. The van der Waals surface area contributed by atoms with E-state index in [0.717, 1.165) is 38.1 Å². The van der Waals surface area contributed by atoms with Crippen LogP contribution in [0.2, 0.25) is 0 Å². The van der Waals surface area contributed by atoms with Gasteiger partial charge in [-0.25, -0.2) is 4.39 Å². The molecule has 0 unspecified atom stereocenters. The molecule has 0 bridgehead atoms. The topological polar surface area (TPSA) is 102 Å². The summed E-state index contributed by atoms with van der Waals surface area (Å²) in [4.78, 5) is 12.4. The van der Waals surface area contributed by atoms with Crippen molar-refractivity contribution in [3.63, 3.8) is 0 Å². The lowest BCUT2D eigenvalue weighted by atomic mass is 10.1. The Balaban J connectivity index is 1.35. The second-order valence-electron chi connectivity index (χ2n) is 8.07. The molecular weight excluding hydrogens is 437 g/mol. The van der Waals surface area contributed by atoms with Crippen molar-refractivity contribution in [2.24, 2.45) is 0 Å². The molecule has 2 aromatic carbocycles. The van der Waals surface area contributed by atoms with Crippen LogP contribution in [-0.2, 0) is 17.8 Å². The van der Waals surface area contributed by atoms with E-state index in [1.54, 1.807) is 30.3 Å². The van der Waals surface area contributed by atoms with E-state index >= 15 is 0 Å². The van der Waals surface area contributed by atoms with Gasteiger partial charge in [-0.15, -0.1) is 10.2 Å². The van der Waals surface area contributed by atoms with Crippen LogP contribution >= 0.6 is 0 Å². The maximum atomic E-state index is 14.4. The van der Waals surface area contributed by atoms with Gasteiger partial charge < -0.3 is 19.4 Å². The maximum absolute atomic E-state index is 14.4. The van der Waals surface area contributed by atoms with Gasteiger partial charge in [-0.2, -0.15) is 5.26 Å². The zero-order chi connectivity index (χ0) is 23.9. The van der Waals surface area contributed by atoms with Crippen molar-refractivity contribution in [3.05, 3.63) is 53.6 Å². The standard InChI is InChI=1S/C25H26FN5O3/c1-33-22-14-17(16-27)8-11-21(22)34-13-5-7-24(32)28-20-15-18(9-10-19(20)26)25-30-29-23-6-3-2-4-12-31(23)25/h8-11,14-15H,2-7,12-13H2,1H3,(H,28,32). The van der Waals surface area contributed by atoms with E-state index < -0.39 is 5.82 Å². The number of amides is 1. The minimum absolute atomic E-state index is 0.114. The molecule has 8 nitrogen and oxygen atoms in total. The molecule has 1 aliphatic heterocycles. The molecule has 3 aromatic rings. The third-order valence-corrected chi connectivity index (χ3v) is 5.71. The number of anilines is 1. The van der Waals surface area contributed by atoms with Crippen molar-refractivity contribution in [3.8, 4) is 29.0 Å².